The van der Waals surface area contributed by atoms with Gasteiger partial charge in [-0.3, -0.25) is 10.1 Å². The molecule has 0 aliphatic heterocycles. The van der Waals surface area contributed by atoms with Crippen LogP contribution in [-0.2, 0) is 14.6 Å². The number of carbonyl (C=O) groups is 1. The molecule has 0 aliphatic rings. The molecule has 19 heavy (non-hydrogen) atoms. The standard InChI is InChI=1S/C10H10ClNO6S/c1-5-6(10(13)18-2)4-7(19(3,16)17)8(11)9(5)12(14)15/h4H,1-3H3. The topological polar surface area (TPSA) is 104 Å². The van der Waals surface area contributed by atoms with Crippen molar-refractivity contribution in [3.05, 3.63) is 32.3 Å². The number of nitro groups is 1. The molecular weight excluding hydrogens is 298 g/mol. The first kappa shape index (κ1) is 15.4. The number of hydrogen-bond acceptors (Lipinski definition) is 6. The minimum atomic E-state index is -3.81. The summed E-state index contributed by atoms with van der Waals surface area (Å²) in [6.07, 6.45) is 0.842. The molecule has 0 fully saturated rings. The van der Waals surface area contributed by atoms with Gasteiger partial charge in [-0.1, -0.05) is 11.6 Å². The zero-order valence-electron chi connectivity index (χ0n) is 10.3. The average molecular weight is 308 g/mol. The molecule has 0 saturated carbocycles. The SMILES string of the molecule is COC(=O)c1cc(S(C)(=O)=O)c(Cl)c([N+](=O)[O-])c1C. The van der Waals surface area contributed by atoms with Crippen LogP contribution < -0.4 is 0 Å². The average Bonchev–Trinajstić information content (AvgIpc) is 2.26. The van der Waals surface area contributed by atoms with E-state index >= 15 is 0 Å². The highest BCUT2D eigenvalue weighted by molar-refractivity contribution is 7.90. The van der Waals surface area contributed by atoms with Crippen LogP contribution in [-0.4, -0.2) is 32.7 Å². The summed E-state index contributed by atoms with van der Waals surface area (Å²) in [5, 5.41) is 10.4. The Morgan fingerprint density at radius 3 is 2.37 bits per heavy atom. The van der Waals surface area contributed by atoms with Crippen molar-refractivity contribution in [3.8, 4) is 0 Å². The Kier molecular flexibility index (Phi) is 4.16. The quantitative estimate of drug-likeness (QED) is 0.478. The summed E-state index contributed by atoms with van der Waals surface area (Å²) < 4.78 is 27.5. The molecule has 104 valence electrons. The highest BCUT2D eigenvalue weighted by Crippen LogP contribution is 2.36. The molecule has 0 bridgehead atoms. The molecule has 1 aromatic rings. The largest absolute Gasteiger partial charge is 0.465 e. The number of nitro benzene ring substituents is 1. The van der Waals surface area contributed by atoms with E-state index in [0.717, 1.165) is 19.4 Å². The summed E-state index contributed by atoms with van der Waals surface area (Å²) in [6, 6.07) is 0.978. The molecule has 0 amide bonds. The number of carbonyl (C=O) groups excluding carboxylic acids is 1. The van der Waals surface area contributed by atoms with Gasteiger partial charge in [-0.05, 0) is 13.0 Å². The predicted octanol–water partition coefficient (Wildman–Crippen LogP) is 1.75. The van der Waals surface area contributed by atoms with Gasteiger partial charge in [0.1, 0.15) is 5.02 Å². The Balaban J connectivity index is 3.86. The van der Waals surface area contributed by atoms with Crippen molar-refractivity contribution in [1.29, 1.82) is 0 Å². The van der Waals surface area contributed by atoms with E-state index in [9.17, 15) is 23.3 Å². The van der Waals surface area contributed by atoms with Gasteiger partial charge in [-0.25, -0.2) is 13.2 Å². The van der Waals surface area contributed by atoms with E-state index in [4.69, 9.17) is 11.6 Å². The first-order valence-corrected chi connectivity index (χ1v) is 7.14. The number of esters is 1. The molecule has 9 heteroatoms. The highest BCUT2D eigenvalue weighted by atomic mass is 35.5. The van der Waals surface area contributed by atoms with Crippen molar-refractivity contribution in [3.63, 3.8) is 0 Å². The predicted molar refractivity (Wildman–Crippen MR) is 67.3 cm³/mol. The number of sulfone groups is 1. The molecule has 0 aromatic heterocycles. The van der Waals surface area contributed by atoms with E-state index in [-0.39, 0.29) is 11.1 Å². The van der Waals surface area contributed by atoms with E-state index in [1.165, 1.54) is 6.92 Å². The lowest BCUT2D eigenvalue weighted by molar-refractivity contribution is -0.385. The maximum atomic E-state index is 11.5. The Morgan fingerprint density at radius 2 is 2.00 bits per heavy atom. The summed E-state index contributed by atoms with van der Waals surface area (Å²) in [5.41, 5.74) is -0.877. The van der Waals surface area contributed by atoms with E-state index in [2.05, 4.69) is 4.74 Å². The van der Waals surface area contributed by atoms with Crippen LogP contribution in [0.2, 0.25) is 5.02 Å². The molecule has 0 atom stereocenters. The second-order valence-corrected chi connectivity index (χ2v) is 6.09. The molecule has 7 nitrogen and oxygen atoms in total. The van der Waals surface area contributed by atoms with E-state index < -0.39 is 36.3 Å². The van der Waals surface area contributed by atoms with Crippen molar-refractivity contribution in [2.24, 2.45) is 0 Å². The monoisotopic (exact) mass is 307 g/mol. The van der Waals surface area contributed by atoms with Gasteiger partial charge in [0.15, 0.2) is 9.84 Å². The number of hydrogen-bond donors (Lipinski definition) is 0. The van der Waals surface area contributed by atoms with Crippen LogP contribution in [0.25, 0.3) is 0 Å². The van der Waals surface area contributed by atoms with Gasteiger partial charge in [-0.15, -0.1) is 0 Å². The smallest absolute Gasteiger partial charge is 0.338 e. The van der Waals surface area contributed by atoms with Crippen LogP contribution in [0, 0.1) is 17.0 Å². The molecule has 1 rings (SSSR count). The molecule has 0 spiro atoms. The summed E-state index contributed by atoms with van der Waals surface area (Å²) in [7, 11) is -2.73. The molecule has 0 unspecified atom stereocenters. The lowest BCUT2D eigenvalue weighted by atomic mass is 10.1. The van der Waals surface area contributed by atoms with Crippen molar-refractivity contribution in [2.45, 2.75) is 11.8 Å². The Hall–Kier alpha value is -1.67. The van der Waals surface area contributed by atoms with Crippen molar-refractivity contribution < 1.29 is 22.9 Å². The maximum Gasteiger partial charge on any atom is 0.338 e. The van der Waals surface area contributed by atoms with E-state index in [1.54, 1.807) is 0 Å². The molecule has 0 saturated heterocycles. The fourth-order valence-corrected chi connectivity index (χ4v) is 2.96. The third-order valence-corrected chi connectivity index (χ3v) is 4.06. The molecular formula is C10H10ClNO6S. The van der Waals surface area contributed by atoms with Gasteiger partial charge in [-0.2, -0.15) is 0 Å². The number of nitrogens with zero attached hydrogens (tertiary/aromatic N) is 1. The number of rotatable bonds is 3. The number of methoxy groups -OCH3 is 1. The Morgan fingerprint density at radius 1 is 1.47 bits per heavy atom. The third-order valence-electron chi connectivity index (χ3n) is 2.45. The number of benzene rings is 1. The van der Waals surface area contributed by atoms with Crippen molar-refractivity contribution in [2.75, 3.05) is 13.4 Å². The highest BCUT2D eigenvalue weighted by Gasteiger charge is 2.29. The van der Waals surface area contributed by atoms with Gasteiger partial charge >= 0.3 is 5.97 Å². The first-order chi connectivity index (χ1) is 8.61. The van der Waals surface area contributed by atoms with Gasteiger partial charge in [0, 0.05) is 11.8 Å². The lowest BCUT2D eigenvalue weighted by Gasteiger charge is -2.09. The van der Waals surface area contributed by atoms with Crippen LogP contribution in [0.3, 0.4) is 0 Å². The van der Waals surface area contributed by atoms with Crippen molar-refractivity contribution in [1.82, 2.24) is 0 Å². The van der Waals surface area contributed by atoms with Crippen LogP contribution >= 0.6 is 11.6 Å². The third kappa shape index (κ3) is 2.85. The minimum absolute atomic E-state index is 0.0470. The fourth-order valence-electron chi connectivity index (χ4n) is 1.52. The van der Waals surface area contributed by atoms with Crippen LogP contribution in [0.4, 0.5) is 5.69 Å². The summed E-state index contributed by atoms with van der Waals surface area (Å²) >= 11 is 5.74. The van der Waals surface area contributed by atoms with Crippen molar-refractivity contribution >= 4 is 33.1 Å². The van der Waals surface area contributed by atoms with Crippen LogP contribution in [0.15, 0.2) is 11.0 Å². The molecule has 1 aromatic carbocycles. The number of ether oxygens (including phenoxy) is 1. The van der Waals surface area contributed by atoms with Gasteiger partial charge in [0.2, 0.25) is 0 Å². The molecule has 0 heterocycles. The zero-order chi connectivity index (χ0) is 15.0. The van der Waals surface area contributed by atoms with Gasteiger partial charge in [0.25, 0.3) is 5.69 Å². The van der Waals surface area contributed by atoms with Crippen LogP contribution in [0.1, 0.15) is 15.9 Å². The number of halogens is 1. The Labute approximate surface area is 114 Å². The summed E-state index contributed by atoms with van der Waals surface area (Å²) in [6.45, 7) is 1.29. The lowest BCUT2D eigenvalue weighted by Crippen LogP contribution is -2.10. The second-order valence-electron chi connectivity index (χ2n) is 3.73. The Bertz CT molecular complexity index is 667. The molecule has 0 radical (unpaired) electrons. The molecule has 0 aliphatic carbocycles. The first-order valence-electron chi connectivity index (χ1n) is 4.87. The molecule has 0 N–H and O–H groups in total. The normalized spacial score (nSPS) is 11.2. The van der Waals surface area contributed by atoms with Gasteiger partial charge in [0.05, 0.1) is 22.5 Å². The minimum Gasteiger partial charge on any atom is -0.465 e. The van der Waals surface area contributed by atoms with Gasteiger partial charge < -0.3 is 4.74 Å². The summed E-state index contributed by atoms with van der Waals surface area (Å²) in [5.74, 6) is -0.873. The summed E-state index contributed by atoms with van der Waals surface area (Å²) in [4.78, 5) is 21.2. The van der Waals surface area contributed by atoms with E-state index in [0.29, 0.717) is 0 Å². The maximum absolute atomic E-state index is 11.5. The van der Waals surface area contributed by atoms with Crippen LogP contribution in [0.5, 0.6) is 0 Å². The zero-order valence-corrected chi connectivity index (χ0v) is 11.8. The fraction of sp³-hybridized carbons (Fsp3) is 0.300. The van der Waals surface area contributed by atoms with E-state index in [1.807, 2.05) is 0 Å². The second kappa shape index (κ2) is 5.14.